The summed E-state index contributed by atoms with van der Waals surface area (Å²) in [5.74, 6) is 1.24. The average Bonchev–Trinajstić information content (AvgIpc) is 3.30. The Kier molecular flexibility index (Phi) is 8.20. The Balaban J connectivity index is 1.39. The van der Waals surface area contributed by atoms with Gasteiger partial charge in [-0.05, 0) is 83.7 Å². The van der Waals surface area contributed by atoms with Crippen LogP contribution in [-0.2, 0) is 19.4 Å². The number of nitrogens with one attached hydrogen (secondary N) is 1. The van der Waals surface area contributed by atoms with E-state index in [1.54, 1.807) is 11.3 Å². The van der Waals surface area contributed by atoms with E-state index in [9.17, 15) is 4.79 Å². The van der Waals surface area contributed by atoms with Crippen molar-refractivity contribution in [2.24, 2.45) is 16.3 Å². The normalized spacial score (nSPS) is 15.2. The van der Waals surface area contributed by atoms with Crippen LogP contribution in [0.25, 0.3) is 0 Å². The molecular weight excluding hydrogens is 524 g/mol. The molecule has 3 aromatic carbocycles. The minimum absolute atomic E-state index is 0.0971. The summed E-state index contributed by atoms with van der Waals surface area (Å²) in [5, 5.41) is 4.55. The fraction of sp³-hybridized carbons (Fsp3) is 0.273. The van der Waals surface area contributed by atoms with Crippen LogP contribution < -0.4 is 10.1 Å². The minimum Gasteiger partial charge on any atom is -0.489 e. The molecule has 200 valence electrons. The lowest BCUT2D eigenvalue weighted by Gasteiger charge is -2.33. The van der Waals surface area contributed by atoms with Crippen molar-refractivity contribution in [2.75, 3.05) is 5.32 Å². The molecule has 4 aromatic rings. The summed E-state index contributed by atoms with van der Waals surface area (Å²) in [6.07, 6.45) is 4.79. The van der Waals surface area contributed by atoms with Gasteiger partial charge in [-0.3, -0.25) is 4.79 Å². The molecule has 39 heavy (non-hydrogen) atoms. The van der Waals surface area contributed by atoms with Gasteiger partial charge in [0.15, 0.2) is 0 Å². The molecule has 0 fully saturated rings. The van der Waals surface area contributed by atoms with Crippen molar-refractivity contribution >= 4 is 45.7 Å². The monoisotopic (exact) mass is 556 g/mol. The molecule has 0 saturated heterocycles. The van der Waals surface area contributed by atoms with Gasteiger partial charge in [0.05, 0.1) is 5.56 Å². The van der Waals surface area contributed by atoms with E-state index in [0.717, 1.165) is 52.4 Å². The zero-order valence-electron chi connectivity index (χ0n) is 22.5. The second-order valence-corrected chi connectivity index (χ2v) is 12.6. The number of anilines is 1. The van der Waals surface area contributed by atoms with E-state index in [0.29, 0.717) is 23.1 Å². The first-order chi connectivity index (χ1) is 18.8. The second-order valence-electron chi connectivity index (χ2n) is 11.1. The Morgan fingerprint density at radius 1 is 1.08 bits per heavy atom. The maximum absolute atomic E-state index is 13.5. The van der Waals surface area contributed by atoms with E-state index < -0.39 is 0 Å². The maximum atomic E-state index is 13.5. The summed E-state index contributed by atoms with van der Waals surface area (Å²) in [7, 11) is 0. The van der Waals surface area contributed by atoms with Gasteiger partial charge in [-0.2, -0.15) is 0 Å². The number of hydrogen-bond donors (Lipinski definition) is 1. The zero-order valence-corrected chi connectivity index (χ0v) is 24.1. The van der Waals surface area contributed by atoms with Crippen molar-refractivity contribution < 1.29 is 9.53 Å². The molecule has 0 bridgehead atoms. The number of benzene rings is 3. The molecule has 1 aromatic heterocycles. The number of carbonyl (C=O) groups excluding carboxylic acids is 1. The fourth-order valence-corrected chi connectivity index (χ4v) is 6.31. The molecule has 6 heteroatoms. The van der Waals surface area contributed by atoms with Gasteiger partial charge in [-0.25, -0.2) is 4.99 Å². The molecular formula is C33H33ClN2O2S. The van der Waals surface area contributed by atoms with Crippen molar-refractivity contribution in [1.82, 2.24) is 0 Å². The van der Waals surface area contributed by atoms with E-state index in [1.165, 1.54) is 4.88 Å². The van der Waals surface area contributed by atoms with Crippen LogP contribution in [0.1, 0.15) is 59.1 Å². The third kappa shape index (κ3) is 6.78. The van der Waals surface area contributed by atoms with Crippen LogP contribution in [0.15, 0.2) is 83.9 Å². The predicted molar refractivity (Wildman–Crippen MR) is 163 cm³/mol. The molecule has 0 radical (unpaired) electrons. The summed E-state index contributed by atoms with van der Waals surface area (Å²) in [5.41, 5.74) is 4.83. The first kappa shape index (κ1) is 27.2. The molecule has 1 aliphatic carbocycles. The number of aliphatic imine (C=N–C) groups is 1. The molecule has 0 saturated carbocycles. The van der Waals surface area contributed by atoms with Crippen LogP contribution in [-0.4, -0.2) is 12.1 Å². The quantitative estimate of drug-likeness (QED) is 0.231. The summed E-state index contributed by atoms with van der Waals surface area (Å²) >= 11 is 7.64. The third-order valence-corrected chi connectivity index (χ3v) is 8.65. The molecule has 1 atom stereocenters. The summed E-state index contributed by atoms with van der Waals surface area (Å²) in [6.45, 7) is 7.37. The van der Waals surface area contributed by atoms with Gasteiger partial charge in [-0.15, -0.1) is 11.3 Å². The van der Waals surface area contributed by atoms with Gasteiger partial charge in [0.1, 0.15) is 17.4 Å². The largest absolute Gasteiger partial charge is 0.489 e. The van der Waals surface area contributed by atoms with Crippen LogP contribution in [0.2, 0.25) is 5.02 Å². The minimum atomic E-state index is -0.0971. The Labute approximate surface area is 239 Å². The Hall–Kier alpha value is -3.41. The third-order valence-electron chi connectivity index (χ3n) is 7.24. The zero-order chi connectivity index (χ0) is 27.4. The number of carbonyl (C=O) groups is 1. The highest BCUT2D eigenvalue weighted by molar-refractivity contribution is 7.16. The highest BCUT2D eigenvalue weighted by Gasteiger charge is 2.33. The van der Waals surface area contributed by atoms with E-state index in [4.69, 9.17) is 21.3 Å². The average molecular weight is 557 g/mol. The Morgan fingerprint density at radius 3 is 2.59 bits per heavy atom. The van der Waals surface area contributed by atoms with Crippen LogP contribution in [0.3, 0.4) is 0 Å². The first-order valence-corrected chi connectivity index (χ1v) is 14.5. The summed E-state index contributed by atoms with van der Waals surface area (Å²) in [4.78, 5) is 19.7. The Bertz CT molecular complexity index is 1470. The second kappa shape index (κ2) is 11.8. The molecule has 1 N–H and O–H groups in total. The fourth-order valence-electron chi connectivity index (χ4n) is 4.92. The van der Waals surface area contributed by atoms with Crippen LogP contribution >= 0.6 is 22.9 Å². The summed E-state index contributed by atoms with van der Waals surface area (Å²) < 4.78 is 6.00. The number of rotatable bonds is 7. The number of ether oxygens (including phenoxy) is 1. The van der Waals surface area contributed by atoms with E-state index in [1.807, 2.05) is 85.1 Å². The van der Waals surface area contributed by atoms with Gasteiger partial charge >= 0.3 is 0 Å². The lowest BCUT2D eigenvalue weighted by molar-refractivity contribution is 0.102. The number of hydrogen-bond acceptors (Lipinski definition) is 4. The van der Waals surface area contributed by atoms with Crippen LogP contribution in [0, 0.1) is 11.3 Å². The molecule has 1 heterocycles. The predicted octanol–water partition coefficient (Wildman–Crippen LogP) is 9.13. The van der Waals surface area contributed by atoms with Crippen molar-refractivity contribution in [2.45, 2.75) is 46.6 Å². The van der Waals surface area contributed by atoms with Crippen LogP contribution in [0.5, 0.6) is 5.75 Å². The first-order valence-electron chi connectivity index (χ1n) is 13.3. The summed E-state index contributed by atoms with van der Waals surface area (Å²) in [6, 6.07) is 25.1. The Morgan fingerprint density at radius 2 is 1.85 bits per heavy atom. The van der Waals surface area contributed by atoms with E-state index >= 15 is 0 Å². The molecule has 1 amide bonds. The number of thiophene rings is 1. The maximum Gasteiger partial charge on any atom is 0.259 e. The van der Waals surface area contributed by atoms with Crippen molar-refractivity contribution in [3.8, 4) is 5.75 Å². The standard InChI is InChI=1S/C33H33ClN2O2S/c1-33(2,3)24-14-17-28-29(19-24)39-32(30(28)31(37)36-26-9-5-4-6-10-26)35-20-23-8-7-11-27(18-23)38-21-22-12-15-25(34)16-13-22/h4-13,15-16,18,20,24H,14,17,19,21H2,1-3H3,(H,36,37)/t24-/m0/s1. The number of amides is 1. The van der Waals surface area contributed by atoms with E-state index in [2.05, 4.69) is 26.1 Å². The molecule has 0 spiro atoms. The van der Waals surface area contributed by atoms with E-state index in [-0.39, 0.29) is 11.3 Å². The topological polar surface area (TPSA) is 50.7 Å². The van der Waals surface area contributed by atoms with Crippen molar-refractivity contribution in [1.29, 1.82) is 0 Å². The number of halogens is 1. The van der Waals surface area contributed by atoms with Gasteiger partial charge < -0.3 is 10.1 Å². The van der Waals surface area contributed by atoms with Gasteiger partial charge in [0.2, 0.25) is 0 Å². The van der Waals surface area contributed by atoms with Gasteiger partial charge in [0.25, 0.3) is 5.91 Å². The molecule has 1 aliphatic rings. The number of para-hydroxylation sites is 1. The lowest BCUT2D eigenvalue weighted by Crippen LogP contribution is -2.27. The number of nitrogens with zero attached hydrogens (tertiary/aromatic N) is 1. The molecule has 5 rings (SSSR count). The highest BCUT2D eigenvalue weighted by Crippen LogP contribution is 2.45. The smallest absolute Gasteiger partial charge is 0.259 e. The van der Waals surface area contributed by atoms with Gasteiger partial charge in [-0.1, -0.05) is 74.8 Å². The molecule has 4 nitrogen and oxygen atoms in total. The number of fused-ring (bicyclic) bond motifs is 1. The lowest BCUT2D eigenvalue weighted by atomic mass is 9.72. The molecule has 0 aliphatic heterocycles. The van der Waals surface area contributed by atoms with Gasteiger partial charge in [0, 0.05) is 21.8 Å². The van der Waals surface area contributed by atoms with Crippen molar-refractivity contribution in [3.63, 3.8) is 0 Å². The molecule has 0 unspecified atom stereocenters. The SMILES string of the molecule is CC(C)(C)[C@H]1CCc2c(sc(N=Cc3cccc(OCc4ccc(Cl)cc4)c3)c2C(=O)Nc2ccccc2)C1. The van der Waals surface area contributed by atoms with Crippen molar-refractivity contribution in [3.05, 3.63) is 111 Å². The highest BCUT2D eigenvalue weighted by atomic mass is 35.5. The van der Waals surface area contributed by atoms with Crippen LogP contribution in [0.4, 0.5) is 10.7 Å².